The van der Waals surface area contributed by atoms with Crippen LogP contribution in [0.3, 0.4) is 0 Å². The van der Waals surface area contributed by atoms with Crippen molar-refractivity contribution in [1.82, 2.24) is 19.8 Å². The first-order valence-electron chi connectivity index (χ1n) is 8.02. The molecule has 1 N–H and O–H groups in total. The molecule has 0 aliphatic heterocycles. The molecule has 7 heteroatoms. The summed E-state index contributed by atoms with van der Waals surface area (Å²) in [6.07, 6.45) is 3.31. The maximum Gasteiger partial charge on any atom is 0.248 e. The van der Waals surface area contributed by atoms with Gasteiger partial charge in [-0.15, -0.1) is 10.2 Å². The van der Waals surface area contributed by atoms with E-state index in [2.05, 4.69) is 20.6 Å². The van der Waals surface area contributed by atoms with Crippen LogP contribution in [0.2, 0.25) is 0 Å². The van der Waals surface area contributed by atoms with Crippen molar-refractivity contribution in [2.24, 2.45) is 0 Å². The highest BCUT2D eigenvalue weighted by Gasteiger charge is 2.10. The molecule has 2 aromatic carbocycles. The van der Waals surface area contributed by atoms with Crippen LogP contribution in [0.1, 0.15) is 11.4 Å². The van der Waals surface area contributed by atoms with Crippen LogP contribution in [0, 0.1) is 6.92 Å². The van der Waals surface area contributed by atoms with Crippen molar-refractivity contribution in [3.05, 3.63) is 72.1 Å². The predicted octanol–water partition coefficient (Wildman–Crippen LogP) is 3.81. The summed E-state index contributed by atoms with van der Waals surface area (Å²) in [5, 5.41) is 16.3. The quantitative estimate of drug-likeness (QED) is 0.561. The lowest BCUT2D eigenvalue weighted by molar-refractivity contribution is -0.111. The van der Waals surface area contributed by atoms with Crippen LogP contribution in [0.4, 0.5) is 5.69 Å². The van der Waals surface area contributed by atoms with Crippen LogP contribution in [0.15, 0.2) is 60.7 Å². The highest BCUT2D eigenvalue weighted by atomic mass is 32.1. The highest BCUT2D eigenvalue weighted by molar-refractivity contribution is 7.19. The molecule has 0 atom stereocenters. The number of nitrogens with zero attached hydrogens (tertiary/aromatic N) is 4. The van der Waals surface area contributed by atoms with Crippen LogP contribution in [-0.2, 0) is 4.79 Å². The van der Waals surface area contributed by atoms with Crippen molar-refractivity contribution in [3.8, 4) is 10.6 Å². The van der Waals surface area contributed by atoms with Gasteiger partial charge >= 0.3 is 0 Å². The minimum Gasteiger partial charge on any atom is -0.323 e. The molecule has 0 saturated heterocycles. The van der Waals surface area contributed by atoms with Crippen molar-refractivity contribution < 1.29 is 4.79 Å². The Kier molecular flexibility index (Phi) is 4.28. The smallest absolute Gasteiger partial charge is 0.248 e. The first-order chi connectivity index (χ1) is 12.7. The van der Waals surface area contributed by atoms with E-state index in [-0.39, 0.29) is 5.91 Å². The number of nitrogens with one attached hydrogen (secondary N) is 1. The standard InChI is InChI=1S/C19H15N5OS/c1-13-21-22-19-24(13)23-18(26-19)15-8-10-16(11-9-15)20-17(25)12-7-14-5-3-2-4-6-14/h2-12H,1H3,(H,20,25)/b12-7+. The van der Waals surface area contributed by atoms with E-state index in [0.717, 1.165) is 32.6 Å². The number of carbonyl (C=O) groups is 1. The van der Waals surface area contributed by atoms with Gasteiger partial charge in [0.1, 0.15) is 5.01 Å². The Morgan fingerprint density at radius 1 is 1.08 bits per heavy atom. The highest BCUT2D eigenvalue weighted by Crippen LogP contribution is 2.26. The average molecular weight is 361 g/mol. The summed E-state index contributed by atoms with van der Waals surface area (Å²) in [4.78, 5) is 12.8. The fourth-order valence-electron chi connectivity index (χ4n) is 2.45. The maximum absolute atomic E-state index is 12.0. The lowest BCUT2D eigenvalue weighted by Gasteiger charge is -2.03. The summed E-state index contributed by atoms with van der Waals surface area (Å²) in [6, 6.07) is 17.3. The van der Waals surface area contributed by atoms with E-state index in [1.807, 2.05) is 61.5 Å². The number of hydrogen-bond donors (Lipinski definition) is 1. The molecule has 0 aliphatic rings. The van der Waals surface area contributed by atoms with Gasteiger partial charge < -0.3 is 5.32 Å². The molecule has 128 valence electrons. The summed E-state index contributed by atoms with van der Waals surface area (Å²) >= 11 is 1.48. The van der Waals surface area contributed by atoms with Crippen molar-refractivity contribution in [3.63, 3.8) is 0 Å². The summed E-state index contributed by atoms with van der Waals surface area (Å²) < 4.78 is 1.73. The Labute approximate surface area is 153 Å². The van der Waals surface area contributed by atoms with Crippen LogP contribution in [-0.4, -0.2) is 25.7 Å². The van der Waals surface area contributed by atoms with Crippen LogP contribution in [0.5, 0.6) is 0 Å². The second kappa shape index (κ2) is 6.89. The monoisotopic (exact) mass is 361 g/mol. The SMILES string of the molecule is Cc1nnc2sc(-c3ccc(NC(=O)/C=C/c4ccccc4)cc3)nn12. The van der Waals surface area contributed by atoms with Crippen LogP contribution >= 0.6 is 11.3 Å². The molecule has 4 rings (SSSR count). The van der Waals surface area contributed by atoms with Crippen molar-refractivity contribution >= 4 is 34.0 Å². The van der Waals surface area contributed by atoms with Crippen molar-refractivity contribution in [2.75, 3.05) is 5.32 Å². The van der Waals surface area contributed by atoms with Gasteiger partial charge in [-0.3, -0.25) is 4.79 Å². The molecule has 0 bridgehead atoms. The summed E-state index contributed by atoms with van der Waals surface area (Å²) in [6.45, 7) is 1.87. The third-order valence-corrected chi connectivity index (χ3v) is 4.72. The first kappa shape index (κ1) is 16.2. The van der Waals surface area contributed by atoms with E-state index in [0.29, 0.717) is 0 Å². The molecule has 1 amide bonds. The molecule has 4 aromatic rings. The number of anilines is 1. The van der Waals surface area contributed by atoms with Gasteiger partial charge in [0.05, 0.1) is 0 Å². The summed E-state index contributed by atoms with van der Waals surface area (Å²) in [5.74, 6) is 0.590. The van der Waals surface area contributed by atoms with Crippen molar-refractivity contribution in [1.29, 1.82) is 0 Å². The minimum atomic E-state index is -0.170. The van der Waals surface area contributed by atoms with E-state index in [1.165, 1.54) is 17.4 Å². The summed E-state index contributed by atoms with van der Waals surface area (Å²) in [7, 11) is 0. The lowest BCUT2D eigenvalue weighted by Crippen LogP contribution is -2.07. The Hall–Kier alpha value is -3.32. The lowest BCUT2D eigenvalue weighted by atomic mass is 10.2. The topological polar surface area (TPSA) is 72.2 Å². The fraction of sp³-hybridized carbons (Fsp3) is 0.0526. The molecule has 0 spiro atoms. The van der Waals surface area contributed by atoms with Gasteiger partial charge in [0, 0.05) is 17.3 Å². The summed E-state index contributed by atoms with van der Waals surface area (Å²) in [5.41, 5.74) is 2.69. The zero-order valence-electron chi connectivity index (χ0n) is 14.0. The van der Waals surface area contributed by atoms with Crippen LogP contribution in [0.25, 0.3) is 21.6 Å². The Morgan fingerprint density at radius 3 is 2.58 bits per heavy atom. The number of amides is 1. The largest absolute Gasteiger partial charge is 0.323 e. The van der Waals surface area contributed by atoms with Crippen LogP contribution < -0.4 is 5.32 Å². The normalized spacial score (nSPS) is 11.3. The minimum absolute atomic E-state index is 0.170. The fourth-order valence-corrected chi connectivity index (χ4v) is 3.34. The molecule has 2 aromatic heterocycles. The van der Waals surface area contributed by atoms with Gasteiger partial charge in [-0.05, 0) is 42.8 Å². The molecule has 0 saturated carbocycles. The zero-order valence-corrected chi connectivity index (χ0v) is 14.8. The molecule has 6 nitrogen and oxygen atoms in total. The van der Waals surface area contributed by atoms with E-state index >= 15 is 0 Å². The van der Waals surface area contributed by atoms with Crippen molar-refractivity contribution in [2.45, 2.75) is 6.92 Å². The third-order valence-electron chi connectivity index (χ3n) is 3.77. The molecule has 26 heavy (non-hydrogen) atoms. The van der Waals surface area contributed by atoms with Gasteiger partial charge in [-0.1, -0.05) is 41.7 Å². The van der Waals surface area contributed by atoms with Gasteiger partial charge in [0.2, 0.25) is 10.9 Å². The number of fused-ring (bicyclic) bond motifs is 1. The van der Waals surface area contributed by atoms with Gasteiger partial charge in [0.15, 0.2) is 5.82 Å². The number of hydrogen-bond acceptors (Lipinski definition) is 5. The average Bonchev–Trinajstić information content (AvgIpc) is 3.24. The van der Waals surface area contributed by atoms with E-state index in [9.17, 15) is 4.79 Å². The number of aryl methyl sites for hydroxylation is 1. The molecular formula is C19H15N5OS. The number of aromatic nitrogens is 4. The van der Waals surface area contributed by atoms with E-state index in [4.69, 9.17) is 0 Å². The predicted molar refractivity (Wildman–Crippen MR) is 103 cm³/mol. The van der Waals surface area contributed by atoms with E-state index < -0.39 is 0 Å². The third kappa shape index (κ3) is 3.38. The zero-order chi connectivity index (χ0) is 17.9. The maximum atomic E-state index is 12.0. The molecule has 2 heterocycles. The van der Waals surface area contributed by atoms with E-state index in [1.54, 1.807) is 10.6 Å². The number of benzene rings is 2. The second-order valence-corrected chi connectivity index (χ2v) is 6.62. The molecule has 0 aliphatic carbocycles. The Balaban J connectivity index is 1.45. The van der Waals surface area contributed by atoms with Gasteiger partial charge in [0.25, 0.3) is 0 Å². The molecule has 0 unspecified atom stereocenters. The van der Waals surface area contributed by atoms with Gasteiger partial charge in [-0.2, -0.15) is 9.61 Å². The molecular weight excluding hydrogens is 346 g/mol. The molecule has 0 fully saturated rings. The first-order valence-corrected chi connectivity index (χ1v) is 8.84. The van der Waals surface area contributed by atoms with Gasteiger partial charge in [-0.25, -0.2) is 0 Å². The Morgan fingerprint density at radius 2 is 1.85 bits per heavy atom. The number of rotatable bonds is 4. The second-order valence-electron chi connectivity index (χ2n) is 5.66. The number of carbonyl (C=O) groups excluding carboxylic acids is 1. The molecule has 0 radical (unpaired) electrons. The Bertz CT molecular complexity index is 1080.